The summed E-state index contributed by atoms with van der Waals surface area (Å²) in [6, 6.07) is 0.268. The molecule has 1 N–H and O–H groups in total. The van der Waals surface area contributed by atoms with Crippen LogP contribution in [0.2, 0.25) is 0 Å². The lowest BCUT2D eigenvalue weighted by atomic mass is 10.3. The first-order valence-corrected chi connectivity index (χ1v) is 5.49. The first-order valence-electron chi connectivity index (χ1n) is 5.49. The van der Waals surface area contributed by atoms with E-state index in [1.165, 1.54) is 0 Å². The van der Waals surface area contributed by atoms with E-state index in [2.05, 4.69) is 4.98 Å². The van der Waals surface area contributed by atoms with Gasteiger partial charge in [-0.15, -0.1) is 0 Å². The number of oxazole rings is 1. The number of aliphatic hydroxyl groups is 1. The quantitative estimate of drug-likeness (QED) is 0.824. The van der Waals surface area contributed by atoms with Crippen molar-refractivity contribution >= 4 is 5.91 Å². The van der Waals surface area contributed by atoms with Crippen molar-refractivity contribution in [3.05, 3.63) is 17.3 Å². The highest BCUT2D eigenvalue weighted by atomic mass is 16.4. The van der Waals surface area contributed by atoms with Crippen LogP contribution >= 0.6 is 0 Å². The lowest BCUT2D eigenvalue weighted by Crippen LogP contribution is -2.35. The van der Waals surface area contributed by atoms with E-state index in [1.807, 2.05) is 0 Å². The number of aliphatic hydroxyl groups excluding tert-OH is 1. The van der Waals surface area contributed by atoms with E-state index in [9.17, 15) is 4.79 Å². The topological polar surface area (TPSA) is 66.6 Å². The summed E-state index contributed by atoms with van der Waals surface area (Å²) in [6.07, 6.45) is 2.02. The molecule has 1 fully saturated rings. The van der Waals surface area contributed by atoms with Crippen molar-refractivity contribution in [2.75, 3.05) is 13.2 Å². The zero-order valence-electron chi connectivity index (χ0n) is 9.56. The summed E-state index contributed by atoms with van der Waals surface area (Å²) in [5, 5.41) is 8.94. The van der Waals surface area contributed by atoms with Gasteiger partial charge in [0.2, 0.25) is 5.76 Å². The molecule has 0 radical (unpaired) electrons. The highest BCUT2D eigenvalue weighted by Crippen LogP contribution is 2.28. The number of carbonyl (C=O) groups is 1. The van der Waals surface area contributed by atoms with E-state index in [-0.39, 0.29) is 18.6 Å². The lowest BCUT2D eigenvalue weighted by Gasteiger charge is -2.19. The van der Waals surface area contributed by atoms with Crippen LogP contribution in [0.4, 0.5) is 0 Å². The van der Waals surface area contributed by atoms with Gasteiger partial charge in [-0.2, -0.15) is 0 Å². The number of hydrogen-bond acceptors (Lipinski definition) is 4. The number of amides is 1. The molecule has 1 aliphatic carbocycles. The van der Waals surface area contributed by atoms with Crippen molar-refractivity contribution in [3.63, 3.8) is 0 Å². The molecule has 2 rings (SSSR count). The zero-order valence-corrected chi connectivity index (χ0v) is 9.56. The van der Waals surface area contributed by atoms with E-state index in [1.54, 1.807) is 18.7 Å². The molecule has 1 aromatic rings. The van der Waals surface area contributed by atoms with E-state index in [4.69, 9.17) is 9.52 Å². The Morgan fingerprint density at radius 2 is 2.25 bits per heavy atom. The minimum atomic E-state index is -0.158. The predicted molar refractivity (Wildman–Crippen MR) is 57.1 cm³/mol. The van der Waals surface area contributed by atoms with Crippen molar-refractivity contribution in [2.45, 2.75) is 32.7 Å². The Balaban J connectivity index is 2.18. The highest BCUT2D eigenvalue weighted by molar-refractivity contribution is 5.92. The maximum Gasteiger partial charge on any atom is 0.291 e. The molecular weight excluding hydrogens is 208 g/mol. The van der Waals surface area contributed by atoms with E-state index < -0.39 is 0 Å². The highest BCUT2D eigenvalue weighted by Gasteiger charge is 2.34. The molecule has 5 heteroatoms. The molecule has 1 aliphatic rings. The molecule has 5 nitrogen and oxygen atoms in total. The van der Waals surface area contributed by atoms with Gasteiger partial charge in [-0.1, -0.05) is 0 Å². The molecule has 1 aromatic heterocycles. The van der Waals surface area contributed by atoms with Crippen LogP contribution < -0.4 is 0 Å². The minimum Gasteiger partial charge on any atom is -0.436 e. The van der Waals surface area contributed by atoms with Crippen LogP contribution in [0.15, 0.2) is 4.42 Å². The zero-order chi connectivity index (χ0) is 11.7. The minimum absolute atomic E-state index is 0.0194. The van der Waals surface area contributed by atoms with E-state index >= 15 is 0 Å². The third-order valence-corrected chi connectivity index (χ3v) is 2.69. The van der Waals surface area contributed by atoms with Gasteiger partial charge in [0, 0.05) is 19.5 Å². The summed E-state index contributed by atoms with van der Waals surface area (Å²) in [6.45, 7) is 3.82. The van der Waals surface area contributed by atoms with Crippen LogP contribution in [0, 0.1) is 13.8 Å². The number of rotatable bonds is 4. The van der Waals surface area contributed by atoms with E-state index in [0.717, 1.165) is 12.8 Å². The van der Waals surface area contributed by atoms with Crippen molar-refractivity contribution < 1.29 is 14.3 Å². The molecule has 0 unspecified atom stereocenters. The fourth-order valence-electron chi connectivity index (χ4n) is 1.80. The monoisotopic (exact) mass is 224 g/mol. The molecule has 1 saturated carbocycles. The summed E-state index contributed by atoms with van der Waals surface area (Å²) < 4.78 is 5.30. The third-order valence-electron chi connectivity index (χ3n) is 2.69. The van der Waals surface area contributed by atoms with Crippen molar-refractivity contribution in [2.24, 2.45) is 0 Å². The van der Waals surface area contributed by atoms with Crippen LogP contribution in [0.5, 0.6) is 0 Å². The average molecular weight is 224 g/mol. The predicted octanol–water partition coefficient (Wildman–Crippen LogP) is 0.888. The number of nitrogens with zero attached hydrogens (tertiary/aromatic N) is 2. The fourth-order valence-corrected chi connectivity index (χ4v) is 1.80. The molecule has 16 heavy (non-hydrogen) atoms. The molecule has 0 saturated heterocycles. The van der Waals surface area contributed by atoms with Gasteiger partial charge in [0.05, 0.1) is 12.3 Å². The molecule has 0 aromatic carbocycles. The Hall–Kier alpha value is -1.36. The van der Waals surface area contributed by atoms with Gasteiger partial charge in [-0.05, 0) is 19.8 Å². The largest absolute Gasteiger partial charge is 0.436 e. The number of hydrogen-bond donors (Lipinski definition) is 1. The van der Waals surface area contributed by atoms with Crippen molar-refractivity contribution in [1.29, 1.82) is 0 Å². The van der Waals surface area contributed by atoms with Gasteiger partial charge in [0.15, 0.2) is 5.89 Å². The second-order valence-electron chi connectivity index (χ2n) is 4.10. The summed E-state index contributed by atoms with van der Waals surface area (Å²) in [4.78, 5) is 17.9. The summed E-state index contributed by atoms with van der Waals surface area (Å²) in [5.74, 6) is 0.646. The number of aryl methyl sites for hydroxylation is 2. The molecule has 0 spiro atoms. The smallest absolute Gasteiger partial charge is 0.291 e. The molecule has 0 aliphatic heterocycles. The Morgan fingerprint density at radius 3 is 2.69 bits per heavy atom. The molecule has 1 amide bonds. The van der Waals surface area contributed by atoms with Crippen LogP contribution in [0.25, 0.3) is 0 Å². The van der Waals surface area contributed by atoms with Gasteiger partial charge in [0.25, 0.3) is 5.91 Å². The van der Waals surface area contributed by atoms with Gasteiger partial charge < -0.3 is 14.4 Å². The van der Waals surface area contributed by atoms with Gasteiger partial charge >= 0.3 is 0 Å². The Kier molecular flexibility index (Phi) is 2.96. The van der Waals surface area contributed by atoms with Gasteiger partial charge in [0.1, 0.15) is 0 Å². The van der Waals surface area contributed by atoms with Crippen LogP contribution in [-0.4, -0.2) is 40.1 Å². The molecule has 1 heterocycles. The van der Waals surface area contributed by atoms with Crippen LogP contribution in [0.1, 0.15) is 35.0 Å². The van der Waals surface area contributed by atoms with Gasteiger partial charge in [-0.25, -0.2) is 4.98 Å². The summed E-state index contributed by atoms with van der Waals surface area (Å²) in [7, 11) is 0. The maximum atomic E-state index is 12.1. The first-order chi connectivity index (χ1) is 7.63. The van der Waals surface area contributed by atoms with Crippen molar-refractivity contribution in [3.8, 4) is 0 Å². The lowest BCUT2D eigenvalue weighted by molar-refractivity contribution is 0.0673. The van der Waals surface area contributed by atoms with Crippen LogP contribution in [-0.2, 0) is 0 Å². The fraction of sp³-hybridized carbons (Fsp3) is 0.636. The standard InChI is InChI=1S/C11H16N2O3/c1-7-10(16-8(2)12-7)11(15)13(5-6-14)9-3-4-9/h9,14H,3-6H2,1-2H3. The Bertz CT molecular complexity index is 396. The number of aromatic nitrogens is 1. The number of carbonyl (C=O) groups excluding carboxylic acids is 1. The summed E-state index contributed by atoms with van der Waals surface area (Å²) >= 11 is 0. The second-order valence-corrected chi connectivity index (χ2v) is 4.10. The average Bonchev–Trinajstić information content (AvgIpc) is 3.00. The van der Waals surface area contributed by atoms with Gasteiger partial charge in [-0.3, -0.25) is 4.79 Å². The third kappa shape index (κ3) is 2.09. The Labute approximate surface area is 94.1 Å². The molecule has 88 valence electrons. The van der Waals surface area contributed by atoms with Crippen molar-refractivity contribution in [1.82, 2.24) is 9.88 Å². The second kappa shape index (κ2) is 4.25. The molecule has 0 atom stereocenters. The Morgan fingerprint density at radius 1 is 1.56 bits per heavy atom. The normalized spacial score (nSPS) is 15.2. The van der Waals surface area contributed by atoms with E-state index in [0.29, 0.717) is 23.9 Å². The molecule has 0 bridgehead atoms. The van der Waals surface area contributed by atoms with Crippen LogP contribution in [0.3, 0.4) is 0 Å². The first kappa shape index (κ1) is 11.1. The molecular formula is C11H16N2O3. The SMILES string of the molecule is Cc1nc(C)c(C(=O)N(CCO)C2CC2)o1. The maximum absolute atomic E-state index is 12.1. The summed E-state index contributed by atoms with van der Waals surface area (Å²) in [5.41, 5.74) is 0.617.